The normalized spacial score (nSPS) is 11.0. The Morgan fingerprint density at radius 1 is 0.714 bits per heavy atom. The fourth-order valence-corrected chi connectivity index (χ4v) is 3.51. The number of pyridine rings is 2. The molecule has 0 bridgehead atoms. The van der Waals surface area contributed by atoms with E-state index in [4.69, 9.17) is 5.73 Å². The van der Waals surface area contributed by atoms with E-state index in [1.54, 1.807) is 6.20 Å². The Kier molecular flexibility index (Phi) is 3.87. The Hall–Kier alpha value is -3.92. The number of fused-ring (bicyclic) bond motifs is 2. The smallest absolute Gasteiger partial charge is 0.138 e. The summed E-state index contributed by atoms with van der Waals surface area (Å²) in [5, 5.41) is 6.78. The van der Waals surface area contributed by atoms with E-state index in [0.717, 1.165) is 50.0 Å². The predicted octanol–water partition coefficient (Wildman–Crippen LogP) is 5.78. The number of nitrogen functional groups attached to an aromatic ring is 1. The van der Waals surface area contributed by atoms with Crippen molar-refractivity contribution in [2.75, 3.05) is 11.1 Å². The number of hydrogen-bond acceptors (Lipinski definition) is 4. The monoisotopic (exact) mass is 362 g/mol. The van der Waals surface area contributed by atoms with Crippen LogP contribution in [0.1, 0.15) is 0 Å². The van der Waals surface area contributed by atoms with E-state index < -0.39 is 0 Å². The van der Waals surface area contributed by atoms with Gasteiger partial charge in [0.2, 0.25) is 0 Å². The summed E-state index contributed by atoms with van der Waals surface area (Å²) >= 11 is 0. The Balaban J connectivity index is 1.60. The van der Waals surface area contributed by atoms with Crippen LogP contribution in [0.5, 0.6) is 0 Å². The maximum atomic E-state index is 5.84. The average Bonchev–Trinajstić information content (AvgIpc) is 2.74. The molecule has 28 heavy (non-hydrogen) atoms. The highest BCUT2D eigenvalue weighted by Gasteiger charge is 2.08. The molecule has 5 rings (SSSR count). The molecule has 2 heterocycles. The number of nitrogens with two attached hydrogens (primary N) is 1. The van der Waals surface area contributed by atoms with E-state index >= 15 is 0 Å². The summed E-state index contributed by atoms with van der Waals surface area (Å²) in [4.78, 5) is 8.96. The molecule has 0 unspecified atom stereocenters. The van der Waals surface area contributed by atoms with Crippen molar-refractivity contribution in [2.45, 2.75) is 0 Å². The lowest BCUT2D eigenvalue weighted by atomic mass is 9.99. The van der Waals surface area contributed by atoms with Crippen LogP contribution in [-0.2, 0) is 0 Å². The molecule has 0 saturated heterocycles. The van der Waals surface area contributed by atoms with Crippen LogP contribution in [0.4, 0.5) is 17.2 Å². The van der Waals surface area contributed by atoms with Crippen molar-refractivity contribution in [3.63, 3.8) is 0 Å². The molecule has 4 heteroatoms. The molecule has 0 aliphatic carbocycles. The van der Waals surface area contributed by atoms with Gasteiger partial charge in [-0.25, -0.2) is 4.98 Å². The first-order chi connectivity index (χ1) is 13.8. The quantitative estimate of drug-likeness (QED) is 0.400. The summed E-state index contributed by atoms with van der Waals surface area (Å²) in [7, 11) is 0. The van der Waals surface area contributed by atoms with Crippen LogP contribution in [0.25, 0.3) is 32.8 Å². The lowest BCUT2D eigenvalue weighted by Crippen LogP contribution is -1.95. The van der Waals surface area contributed by atoms with Gasteiger partial charge in [-0.05, 0) is 59.0 Å². The molecule has 3 aromatic carbocycles. The zero-order valence-corrected chi connectivity index (χ0v) is 15.1. The summed E-state index contributed by atoms with van der Waals surface area (Å²) in [6.07, 6.45) is 3.65. The van der Waals surface area contributed by atoms with Crippen molar-refractivity contribution in [3.05, 3.63) is 91.3 Å². The predicted molar refractivity (Wildman–Crippen MR) is 117 cm³/mol. The second-order valence-corrected chi connectivity index (χ2v) is 6.72. The van der Waals surface area contributed by atoms with Gasteiger partial charge >= 0.3 is 0 Å². The first-order valence-corrected chi connectivity index (χ1v) is 9.13. The minimum absolute atomic E-state index is 0.763. The van der Waals surface area contributed by atoms with Gasteiger partial charge in [-0.15, -0.1) is 0 Å². The number of nitrogens with one attached hydrogen (secondary N) is 1. The SMILES string of the molecule is Nc1ccc(-c2cccc3c(Nc4ccc5ncccc5c4)nccc23)cc1. The zero-order valence-electron chi connectivity index (χ0n) is 15.1. The Bertz CT molecular complexity index is 1290. The Labute approximate surface area is 162 Å². The molecule has 0 amide bonds. The van der Waals surface area contributed by atoms with Gasteiger partial charge in [0.1, 0.15) is 5.82 Å². The largest absolute Gasteiger partial charge is 0.399 e. The number of aromatic nitrogens is 2. The summed E-state index contributed by atoms with van der Waals surface area (Å²) in [6, 6.07) is 26.4. The highest BCUT2D eigenvalue weighted by atomic mass is 15.0. The van der Waals surface area contributed by atoms with Crippen LogP contribution < -0.4 is 11.1 Å². The summed E-state index contributed by atoms with van der Waals surface area (Å²) < 4.78 is 0. The fraction of sp³-hybridized carbons (Fsp3) is 0. The first kappa shape index (κ1) is 16.3. The lowest BCUT2D eigenvalue weighted by molar-refractivity contribution is 1.34. The molecule has 3 N–H and O–H groups in total. The number of benzene rings is 3. The molecule has 0 spiro atoms. The second kappa shape index (κ2) is 6.67. The maximum absolute atomic E-state index is 5.84. The maximum Gasteiger partial charge on any atom is 0.138 e. The van der Waals surface area contributed by atoms with Crippen LogP contribution in [-0.4, -0.2) is 9.97 Å². The van der Waals surface area contributed by atoms with Crippen molar-refractivity contribution in [1.29, 1.82) is 0 Å². The molecule has 0 aliphatic rings. The van der Waals surface area contributed by atoms with Gasteiger partial charge in [0, 0.05) is 34.5 Å². The van der Waals surface area contributed by atoms with Crippen molar-refractivity contribution in [3.8, 4) is 11.1 Å². The third-order valence-electron chi connectivity index (χ3n) is 4.89. The van der Waals surface area contributed by atoms with Crippen molar-refractivity contribution in [1.82, 2.24) is 9.97 Å². The van der Waals surface area contributed by atoms with Gasteiger partial charge in [-0.3, -0.25) is 4.98 Å². The molecular weight excluding hydrogens is 344 g/mol. The molecule has 4 nitrogen and oxygen atoms in total. The molecular formula is C24H18N4. The van der Waals surface area contributed by atoms with E-state index in [0.29, 0.717) is 0 Å². The van der Waals surface area contributed by atoms with Gasteiger partial charge < -0.3 is 11.1 Å². The molecule has 0 fully saturated rings. The van der Waals surface area contributed by atoms with E-state index in [9.17, 15) is 0 Å². The topological polar surface area (TPSA) is 63.8 Å². The standard InChI is InChI=1S/C24H18N4/c25-18-8-6-16(7-9-18)20-4-1-5-22-21(20)12-14-27-24(22)28-19-10-11-23-17(15-19)3-2-13-26-23/h1-15H,25H2,(H,27,28). The van der Waals surface area contributed by atoms with Crippen LogP contribution >= 0.6 is 0 Å². The fourth-order valence-electron chi connectivity index (χ4n) is 3.51. The molecule has 0 saturated carbocycles. The number of hydrogen-bond donors (Lipinski definition) is 2. The Morgan fingerprint density at radius 2 is 1.61 bits per heavy atom. The van der Waals surface area contributed by atoms with Gasteiger partial charge in [-0.1, -0.05) is 36.4 Å². The van der Waals surface area contributed by atoms with Crippen molar-refractivity contribution >= 4 is 38.9 Å². The third kappa shape index (κ3) is 2.91. The van der Waals surface area contributed by atoms with Gasteiger partial charge in [0.25, 0.3) is 0 Å². The lowest BCUT2D eigenvalue weighted by Gasteiger charge is -2.12. The van der Waals surface area contributed by atoms with Gasteiger partial charge in [0.15, 0.2) is 0 Å². The van der Waals surface area contributed by atoms with E-state index in [1.165, 1.54) is 0 Å². The summed E-state index contributed by atoms with van der Waals surface area (Å²) in [5.41, 5.74) is 10.9. The molecule has 0 atom stereocenters. The molecule has 0 aliphatic heterocycles. The average molecular weight is 362 g/mol. The number of anilines is 3. The zero-order chi connectivity index (χ0) is 18.9. The molecule has 0 radical (unpaired) electrons. The van der Waals surface area contributed by atoms with Crippen LogP contribution in [0.15, 0.2) is 91.3 Å². The minimum Gasteiger partial charge on any atom is -0.399 e. The number of rotatable bonds is 3. The minimum atomic E-state index is 0.763. The Morgan fingerprint density at radius 3 is 2.50 bits per heavy atom. The van der Waals surface area contributed by atoms with E-state index in [-0.39, 0.29) is 0 Å². The summed E-state index contributed by atoms with van der Waals surface area (Å²) in [5.74, 6) is 0.832. The molecule has 2 aromatic heterocycles. The highest BCUT2D eigenvalue weighted by molar-refractivity contribution is 6.02. The van der Waals surface area contributed by atoms with Crippen molar-refractivity contribution < 1.29 is 0 Å². The van der Waals surface area contributed by atoms with Crippen LogP contribution in [0, 0.1) is 0 Å². The van der Waals surface area contributed by atoms with E-state index in [1.807, 2.05) is 48.7 Å². The summed E-state index contributed by atoms with van der Waals surface area (Å²) in [6.45, 7) is 0. The van der Waals surface area contributed by atoms with Crippen molar-refractivity contribution in [2.24, 2.45) is 0 Å². The second-order valence-electron chi connectivity index (χ2n) is 6.72. The molecule has 134 valence electrons. The van der Waals surface area contributed by atoms with Gasteiger partial charge in [0.05, 0.1) is 5.52 Å². The highest BCUT2D eigenvalue weighted by Crippen LogP contribution is 2.33. The number of nitrogens with zero attached hydrogens (tertiary/aromatic N) is 2. The first-order valence-electron chi connectivity index (χ1n) is 9.13. The van der Waals surface area contributed by atoms with Gasteiger partial charge in [-0.2, -0.15) is 0 Å². The van der Waals surface area contributed by atoms with Crippen LogP contribution in [0.3, 0.4) is 0 Å². The van der Waals surface area contributed by atoms with E-state index in [2.05, 4.69) is 51.7 Å². The third-order valence-corrected chi connectivity index (χ3v) is 4.89. The van der Waals surface area contributed by atoms with Crippen LogP contribution in [0.2, 0.25) is 0 Å². The molecule has 5 aromatic rings.